The molecular formula is C16H26BrN3. The second-order valence-electron chi connectivity index (χ2n) is 6.19. The van der Waals surface area contributed by atoms with Crippen molar-refractivity contribution in [1.82, 2.24) is 15.2 Å². The van der Waals surface area contributed by atoms with Crippen molar-refractivity contribution in [2.24, 2.45) is 5.92 Å². The molecule has 0 amide bonds. The maximum atomic E-state index is 4.52. The van der Waals surface area contributed by atoms with Gasteiger partial charge >= 0.3 is 0 Å². The molecule has 20 heavy (non-hydrogen) atoms. The van der Waals surface area contributed by atoms with Crippen LogP contribution in [-0.2, 0) is 6.54 Å². The average molecular weight is 340 g/mol. The van der Waals surface area contributed by atoms with Crippen molar-refractivity contribution in [3.8, 4) is 0 Å². The van der Waals surface area contributed by atoms with Crippen LogP contribution in [0.5, 0.6) is 0 Å². The van der Waals surface area contributed by atoms with Crippen LogP contribution in [0, 0.1) is 5.92 Å². The predicted molar refractivity (Wildman–Crippen MR) is 87.7 cm³/mol. The van der Waals surface area contributed by atoms with E-state index >= 15 is 0 Å². The van der Waals surface area contributed by atoms with Crippen LogP contribution in [0.3, 0.4) is 0 Å². The highest BCUT2D eigenvalue weighted by atomic mass is 79.9. The Morgan fingerprint density at radius 2 is 2.25 bits per heavy atom. The van der Waals surface area contributed by atoms with E-state index in [0.717, 1.165) is 35.7 Å². The Bertz CT molecular complexity index is 405. The normalized spacial score (nSPS) is 24.2. The first kappa shape index (κ1) is 15.9. The summed E-state index contributed by atoms with van der Waals surface area (Å²) < 4.78 is 1.05. The van der Waals surface area contributed by atoms with Gasteiger partial charge in [0.05, 0.1) is 5.69 Å². The number of hydrogen-bond acceptors (Lipinski definition) is 3. The molecule has 0 spiro atoms. The number of halogens is 1. The summed E-state index contributed by atoms with van der Waals surface area (Å²) in [7, 11) is 0. The highest BCUT2D eigenvalue weighted by Gasteiger charge is 2.27. The van der Waals surface area contributed by atoms with Crippen molar-refractivity contribution in [1.29, 1.82) is 0 Å². The summed E-state index contributed by atoms with van der Waals surface area (Å²) in [5, 5.41) is 3.71. The fourth-order valence-electron chi connectivity index (χ4n) is 2.96. The van der Waals surface area contributed by atoms with Gasteiger partial charge in [-0.1, -0.05) is 20.8 Å². The molecule has 1 aromatic heterocycles. The van der Waals surface area contributed by atoms with Crippen LogP contribution < -0.4 is 5.32 Å². The zero-order valence-corrected chi connectivity index (χ0v) is 14.4. The minimum atomic E-state index is 0.619. The van der Waals surface area contributed by atoms with Crippen LogP contribution >= 0.6 is 15.9 Å². The number of aromatic nitrogens is 1. The van der Waals surface area contributed by atoms with E-state index in [1.165, 1.54) is 12.8 Å². The van der Waals surface area contributed by atoms with E-state index < -0.39 is 0 Å². The number of hydrogen-bond donors (Lipinski definition) is 1. The first-order valence-electron chi connectivity index (χ1n) is 7.66. The van der Waals surface area contributed by atoms with Gasteiger partial charge in [-0.25, -0.2) is 0 Å². The molecule has 1 saturated heterocycles. The highest BCUT2D eigenvalue weighted by Crippen LogP contribution is 2.18. The van der Waals surface area contributed by atoms with Gasteiger partial charge in [-0.15, -0.1) is 0 Å². The predicted octanol–water partition coefficient (Wildman–Crippen LogP) is 3.44. The van der Waals surface area contributed by atoms with E-state index in [1.807, 2.05) is 6.20 Å². The van der Waals surface area contributed by atoms with Gasteiger partial charge in [0.1, 0.15) is 0 Å². The van der Waals surface area contributed by atoms with Crippen molar-refractivity contribution in [3.05, 3.63) is 28.5 Å². The lowest BCUT2D eigenvalue weighted by Crippen LogP contribution is -2.56. The third-order valence-electron chi connectivity index (χ3n) is 3.99. The summed E-state index contributed by atoms with van der Waals surface area (Å²) in [4.78, 5) is 7.12. The van der Waals surface area contributed by atoms with E-state index in [9.17, 15) is 0 Å². The average Bonchev–Trinajstić information content (AvgIpc) is 2.41. The quantitative estimate of drug-likeness (QED) is 0.890. The molecule has 112 valence electrons. The van der Waals surface area contributed by atoms with E-state index in [-0.39, 0.29) is 0 Å². The van der Waals surface area contributed by atoms with Crippen molar-refractivity contribution < 1.29 is 0 Å². The van der Waals surface area contributed by atoms with Gasteiger partial charge in [0, 0.05) is 42.4 Å². The first-order chi connectivity index (χ1) is 9.58. The largest absolute Gasteiger partial charge is 0.311 e. The van der Waals surface area contributed by atoms with E-state index in [4.69, 9.17) is 0 Å². The molecule has 0 saturated carbocycles. The fourth-order valence-corrected chi connectivity index (χ4v) is 3.19. The monoisotopic (exact) mass is 339 g/mol. The van der Waals surface area contributed by atoms with Crippen molar-refractivity contribution in [2.75, 3.05) is 13.1 Å². The lowest BCUT2D eigenvalue weighted by atomic mass is 9.99. The molecule has 2 atom stereocenters. The Morgan fingerprint density at radius 1 is 1.45 bits per heavy atom. The zero-order valence-electron chi connectivity index (χ0n) is 12.8. The second-order valence-corrected chi connectivity index (χ2v) is 7.11. The maximum absolute atomic E-state index is 4.52. The summed E-state index contributed by atoms with van der Waals surface area (Å²) >= 11 is 3.45. The molecule has 0 aromatic carbocycles. The topological polar surface area (TPSA) is 28.2 Å². The van der Waals surface area contributed by atoms with Crippen LogP contribution in [0.2, 0.25) is 0 Å². The molecule has 2 rings (SSSR count). The lowest BCUT2D eigenvalue weighted by Gasteiger charge is -2.40. The Morgan fingerprint density at radius 3 is 2.85 bits per heavy atom. The summed E-state index contributed by atoms with van der Waals surface area (Å²) in [5.41, 5.74) is 1.16. The number of rotatable bonds is 5. The Kier molecular flexibility index (Phi) is 6.00. The third kappa shape index (κ3) is 4.54. The van der Waals surface area contributed by atoms with Crippen molar-refractivity contribution in [2.45, 2.75) is 52.2 Å². The van der Waals surface area contributed by atoms with Crippen LogP contribution in [0.25, 0.3) is 0 Å². The van der Waals surface area contributed by atoms with E-state index in [2.05, 4.69) is 64.0 Å². The highest BCUT2D eigenvalue weighted by molar-refractivity contribution is 9.10. The van der Waals surface area contributed by atoms with Crippen LogP contribution in [-0.4, -0.2) is 35.1 Å². The minimum Gasteiger partial charge on any atom is -0.311 e. The van der Waals surface area contributed by atoms with Gasteiger partial charge in [-0.05, 0) is 46.8 Å². The molecular weight excluding hydrogens is 314 g/mol. The number of nitrogens with one attached hydrogen (secondary N) is 1. The molecule has 1 aromatic rings. The fraction of sp³-hybridized carbons (Fsp3) is 0.688. The molecule has 0 radical (unpaired) electrons. The Labute approximate surface area is 131 Å². The SMILES string of the molecule is CCC1CNC(CC(C)C)CN1Cc1ccc(Br)cn1. The number of nitrogens with zero attached hydrogens (tertiary/aromatic N) is 2. The van der Waals surface area contributed by atoms with Crippen LogP contribution in [0.1, 0.15) is 39.3 Å². The van der Waals surface area contributed by atoms with E-state index in [0.29, 0.717) is 12.1 Å². The molecule has 2 unspecified atom stereocenters. The van der Waals surface area contributed by atoms with Gasteiger partial charge in [-0.2, -0.15) is 0 Å². The maximum Gasteiger partial charge on any atom is 0.0544 e. The van der Waals surface area contributed by atoms with Crippen LogP contribution in [0.4, 0.5) is 0 Å². The summed E-state index contributed by atoms with van der Waals surface area (Å²) in [6.07, 6.45) is 4.34. The smallest absolute Gasteiger partial charge is 0.0544 e. The summed E-state index contributed by atoms with van der Waals surface area (Å²) in [6.45, 7) is 10.1. The molecule has 0 aliphatic carbocycles. The second kappa shape index (κ2) is 7.53. The van der Waals surface area contributed by atoms with Crippen molar-refractivity contribution in [3.63, 3.8) is 0 Å². The molecule has 2 heterocycles. The number of piperazine rings is 1. The van der Waals surface area contributed by atoms with Gasteiger partial charge in [0.15, 0.2) is 0 Å². The van der Waals surface area contributed by atoms with E-state index in [1.54, 1.807) is 0 Å². The van der Waals surface area contributed by atoms with Crippen LogP contribution in [0.15, 0.2) is 22.8 Å². The molecule has 1 fully saturated rings. The van der Waals surface area contributed by atoms with Crippen molar-refractivity contribution >= 4 is 15.9 Å². The lowest BCUT2D eigenvalue weighted by molar-refractivity contribution is 0.110. The zero-order chi connectivity index (χ0) is 14.5. The number of pyridine rings is 1. The Hall–Kier alpha value is -0.450. The molecule has 1 aliphatic rings. The molecule has 0 bridgehead atoms. The molecule has 1 N–H and O–H groups in total. The van der Waals surface area contributed by atoms with Gasteiger partial charge < -0.3 is 5.32 Å². The molecule has 3 nitrogen and oxygen atoms in total. The standard InChI is InChI=1S/C16H26BrN3/c1-4-16-9-19-15(7-12(2)3)11-20(16)10-14-6-5-13(17)8-18-14/h5-6,8,12,15-16,19H,4,7,9-11H2,1-3H3. The molecule has 4 heteroatoms. The first-order valence-corrected chi connectivity index (χ1v) is 8.45. The van der Waals surface area contributed by atoms with Gasteiger partial charge in [-0.3, -0.25) is 9.88 Å². The van der Waals surface area contributed by atoms with Gasteiger partial charge in [0.25, 0.3) is 0 Å². The summed E-state index contributed by atoms with van der Waals surface area (Å²) in [6, 6.07) is 5.45. The third-order valence-corrected chi connectivity index (χ3v) is 4.46. The summed E-state index contributed by atoms with van der Waals surface area (Å²) in [5.74, 6) is 0.748. The molecule has 1 aliphatic heterocycles. The minimum absolute atomic E-state index is 0.619. The Balaban J connectivity index is 1.99. The van der Waals surface area contributed by atoms with Gasteiger partial charge in [0.2, 0.25) is 0 Å².